The number of benzene rings is 2. The third-order valence-corrected chi connectivity index (χ3v) is 5.00. The molecule has 0 radical (unpaired) electrons. The molecule has 0 unspecified atom stereocenters. The van der Waals surface area contributed by atoms with Crippen LogP contribution in [-0.4, -0.2) is 23.6 Å². The molecule has 2 aromatic carbocycles. The molecule has 7 nitrogen and oxygen atoms in total. The standard InChI is InChI=1S/C21H20N2O5S/c1-14(24)28-18-9-5-16(6-10-18)12-23-13-19(29-21(23)26)20(25)22-11-15-3-7-17(27-2)8-4-15/h3-10,13H,11-12H2,1-2H3,(H,22,25). The Bertz CT molecular complexity index is 1050. The lowest BCUT2D eigenvalue weighted by atomic mass is 10.2. The summed E-state index contributed by atoms with van der Waals surface area (Å²) < 4.78 is 11.6. The zero-order valence-corrected chi connectivity index (χ0v) is 16.8. The van der Waals surface area contributed by atoms with Gasteiger partial charge in [0.05, 0.1) is 13.7 Å². The summed E-state index contributed by atoms with van der Waals surface area (Å²) in [5, 5.41) is 2.81. The molecule has 8 heteroatoms. The van der Waals surface area contributed by atoms with Crippen molar-refractivity contribution in [2.75, 3.05) is 7.11 Å². The van der Waals surface area contributed by atoms with Gasteiger partial charge in [-0.2, -0.15) is 0 Å². The van der Waals surface area contributed by atoms with E-state index in [1.807, 2.05) is 24.3 Å². The van der Waals surface area contributed by atoms with E-state index in [-0.39, 0.29) is 10.8 Å². The molecule has 0 bridgehead atoms. The molecule has 0 atom stereocenters. The van der Waals surface area contributed by atoms with Gasteiger partial charge < -0.3 is 19.4 Å². The van der Waals surface area contributed by atoms with Crippen LogP contribution in [0.2, 0.25) is 0 Å². The first-order valence-electron chi connectivity index (χ1n) is 8.83. The number of thiazole rings is 1. The SMILES string of the molecule is COc1ccc(CNC(=O)c2cn(Cc3ccc(OC(C)=O)cc3)c(=O)s2)cc1. The lowest BCUT2D eigenvalue weighted by Gasteiger charge is -2.05. The van der Waals surface area contributed by atoms with Crippen LogP contribution in [0.4, 0.5) is 0 Å². The second-order valence-corrected chi connectivity index (χ2v) is 7.25. The van der Waals surface area contributed by atoms with Crippen molar-refractivity contribution in [1.82, 2.24) is 9.88 Å². The number of nitrogens with zero attached hydrogens (tertiary/aromatic N) is 1. The summed E-state index contributed by atoms with van der Waals surface area (Å²) in [6.45, 7) is 2.01. The first kappa shape index (κ1) is 20.3. The highest BCUT2D eigenvalue weighted by atomic mass is 32.1. The third-order valence-electron chi connectivity index (χ3n) is 4.08. The minimum atomic E-state index is -0.392. The molecule has 1 N–H and O–H groups in total. The Morgan fingerprint density at radius 2 is 1.62 bits per heavy atom. The molecule has 29 heavy (non-hydrogen) atoms. The number of methoxy groups -OCH3 is 1. The summed E-state index contributed by atoms with van der Waals surface area (Å²) in [4.78, 5) is 35.7. The molecule has 3 rings (SSSR count). The van der Waals surface area contributed by atoms with Crippen LogP contribution >= 0.6 is 11.3 Å². The molecule has 0 aliphatic rings. The van der Waals surface area contributed by atoms with Gasteiger partial charge in [-0.3, -0.25) is 14.4 Å². The average molecular weight is 412 g/mol. The smallest absolute Gasteiger partial charge is 0.308 e. The van der Waals surface area contributed by atoms with Crippen molar-refractivity contribution in [2.24, 2.45) is 0 Å². The molecule has 3 aromatic rings. The van der Waals surface area contributed by atoms with E-state index in [0.29, 0.717) is 23.7 Å². The molecule has 0 saturated heterocycles. The summed E-state index contributed by atoms with van der Waals surface area (Å²) in [6.07, 6.45) is 1.55. The quantitative estimate of drug-likeness (QED) is 0.476. The van der Waals surface area contributed by atoms with Crippen LogP contribution in [0.5, 0.6) is 11.5 Å². The summed E-state index contributed by atoms with van der Waals surface area (Å²) in [5.41, 5.74) is 1.78. The Morgan fingerprint density at radius 1 is 1.00 bits per heavy atom. The molecule has 150 valence electrons. The Balaban J connectivity index is 1.62. The predicted molar refractivity (Wildman–Crippen MR) is 110 cm³/mol. The molecule has 0 spiro atoms. The van der Waals surface area contributed by atoms with Crippen molar-refractivity contribution < 1.29 is 19.1 Å². The van der Waals surface area contributed by atoms with Gasteiger partial charge in [-0.1, -0.05) is 35.6 Å². The Labute approximate surface area is 171 Å². The third kappa shape index (κ3) is 5.55. The minimum Gasteiger partial charge on any atom is -0.497 e. The second kappa shape index (κ2) is 9.20. The molecule has 1 heterocycles. The van der Waals surface area contributed by atoms with Gasteiger partial charge >= 0.3 is 10.8 Å². The van der Waals surface area contributed by atoms with Crippen LogP contribution in [-0.2, 0) is 17.9 Å². The van der Waals surface area contributed by atoms with Gasteiger partial charge in [0.25, 0.3) is 5.91 Å². The van der Waals surface area contributed by atoms with Crippen molar-refractivity contribution in [3.05, 3.63) is 80.4 Å². The maximum atomic E-state index is 12.4. The van der Waals surface area contributed by atoms with E-state index in [1.54, 1.807) is 37.6 Å². The fourth-order valence-corrected chi connectivity index (χ4v) is 3.39. The maximum Gasteiger partial charge on any atom is 0.308 e. The molecule has 1 amide bonds. The number of nitrogens with one attached hydrogen (secondary N) is 1. The highest BCUT2D eigenvalue weighted by molar-refractivity contribution is 7.11. The molecule has 0 saturated carbocycles. The number of hydrogen-bond acceptors (Lipinski definition) is 6. The molecule has 1 aromatic heterocycles. The zero-order valence-electron chi connectivity index (χ0n) is 16.0. The van der Waals surface area contributed by atoms with E-state index in [2.05, 4.69) is 5.32 Å². The summed E-state index contributed by atoms with van der Waals surface area (Å²) >= 11 is 0.901. The molecular formula is C21H20N2O5S. The number of carbonyl (C=O) groups excluding carboxylic acids is 2. The number of aromatic nitrogens is 1. The number of carbonyl (C=O) groups is 2. The first-order chi connectivity index (χ1) is 13.9. The number of rotatable bonds is 7. The first-order valence-corrected chi connectivity index (χ1v) is 9.65. The summed E-state index contributed by atoms with van der Waals surface area (Å²) in [7, 11) is 1.59. The van der Waals surface area contributed by atoms with Crippen LogP contribution in [0.25, 0.3) is 0 Å². The maximum absolute atomic E-state index is 12.4. The van der Waals surface area contributed by atoms with E-state index >= 15 is 0 Å². The highest BCUT2D eigenvalue weighted by Gasteiger charge is 2.12. The molecule has 0 aliphatic carbocycles. The summed E-state index contributed by atoms with van der Waals surface area (Å²) in [5.74, 6) is 0.498. The average Bonchev–Trinajstić information content (AvgIpc) is 3.08. The van der Waals surface area contributed by atoms with Crippen molar-refractivity contribution >= 4 is 23.2 Å². The molecule has 0 aliphatic heterocycles. The summed E-state index contributed by atoms with van der Waals surface area (Å²) in [6, 6.07) is 14.2. The highest BCUT2D eigenvalue weighted by Crippen LogP contribution is 2.14. The number of esters is 1. The number of amides is 1. The fourth-order valence-electron chi connectivity index (χ4n) is 2.63. The molecule has 0 fully saturated rings. The van der Waals surface area contributed by atoms with Crippen molar-refractivity contribution in [3.8, 4) is 11.5 Å². The van der Waals surface area contributed by atoms with Crippen molar-refractivity contribution in [1.29, 1.82) is 0 Å². The van der Waals surface area contributed by atoms with Crippen molar-refractivity contribution in [2.45, 2.75) is 20.0 Å². The van der Waals surface area contributed by atoms with E-state index < -0.39 is 5.97 Å². The Kier molecular flexibility index (Phi) is 6.46. The lowest BCUT2D eigenvalue weighted by molar-refractivity contribution is -0.131. The van der Waals surface area contributed by atoms with E-state index in [9.17, 15) is 14.4 Å². The Morgan fingerprint density at radius 3 is 2.24 bits per heavy atom. The van der Waals surface area contributed by atoms with Gasteiger partial charge in [-0.15, -0.1) is 0 Å². The fraction of sp³-hybridized carbons (Fsp3) is 0.190. The van der Waals surface area contributed by atoms with Gasteiger partial charge in [-0.05, 0) is 35.4 Å². The van der Waals surface area contributed by atoms with Crippen LogP contribution in [0, 0.1) is 0 Å². The van der Waals surface area contributed by atoms with Crippen LogP contribution < -0.4 is 19.7 Å². The van der Waals surface area contributed by atoms with Gasteiger partial charge in [0.1, 0.15) is 16.4 Å². The number of ether oxygens (including phenoxy) is 2. The molecular weight excluding hydrogens is 392 g/mol. The minimum absolute atomic E-state index is 0.219. The predicted octanol–water partition coefficient (Wildman–Crippen LogP) is 2.82. The van der Waals surface area contributed by atoms with E-state index in [0.717, 1.165) is 28.2 Å². The zero-order chi connectivity index (χ0) is 20.8. The van der Waals surface area contributed by atoms with E-state index in [4.69, 9.17) is 9.47 Å². The van der Waals surface area contributed by atoms with Gasteiger partial charge in [0.2, 0.25) is 0 Å². The topological polar surface area (TPSA) is 86.6 Å². The van der Waals surface area contributed by atoms with Crippen molar-refractivity contribution in [3.63, 3.8) is 0 Å². The monoisotopic (exact) mass is 412 g/mol. The van der Waals surface area contributed by atoms with Crippen LogP contribution in [0.15, 0.2) is 59.5 Å². The number of hydrogen-bond donors (Lipinski definition) is 1. The second-order valence-electron chi connectivity index (χ2n) is 6.26. The normalized spacial score (nSPS) is 10.4. The van der Waals surface area contributed by atoms with Gasteiger partial charge in [-0.25, -0.2) is 0 Å². The largest absolute Gasteiger partial charge is 0.497 e. The van der Waals surface area contributed by atoms with Gasteiger partial charge in [0.15, 0.2) is 0 Å². The van der Waals surface area contributed by atoms with E-state index in [1.165, 1.54) is 11.5 Å². The lowest BCUT2D eigenvalue weighted by Crippen LogP contribution is -2.21. The van der Waals surface area contributed by atoms with Gasteiger partial charge in [0, 0.05) is 19.7 Å². The van der Waals surface area contributed by atoms with Crippen LogP contribution in [0.1, 0.15) is 27.7 Å². The Hall–Kier alpha value is -3.39. The van der Waals surface area contributed by atoms with Crippen LogP contribution in [0.3, 0.4) is 0 Å².